The molecule has 0 aliphatic carbocycles. The van der Waals surface area contributed by atoms with E-state index >= 15 is 0 Å². The third kappa shape index (κ3) is 3.11. The van der Waals surface area contributed by atoms with Crippen molar-refractivity contribution in [3.05, 3.63) is 52.8 Å². The number of aromatic nitrogens is 2. The van der Waals surface area contributed by atoms with E-state index in [1.54, 1.807) is 0 Å². The van der Waals surface area contributed by atoms with Gasteiger partial charge in [0.05, 0.1) is 12.1 Å². The Bertz CT molecular complexity index is 597. The van der Waals surface area contributed by atoms with Crippen LogP contribution in [0.15, 0.2) is 30.5 Å². The van der Waals surface area contributed by atoms with Crippen LogP contribution in [0.4, 0.5) is 0 Å². The van der Waals surface area contributed by atoms with Gasteiger partial charge in [0.15, 0.2) is 5.78 Å². The molecule has 0 spiro atoms. The summed E-state index contributed by atoms with van der Waals surface area (Å²) in [6.07, 6.45) is 2.29. The molecule has 0 radical (unpaired) electrons. The summed E-state index contributed by atoms with van der Waals surface area (Å²) in [5.74, 6) is 0.122. The number of rotatable bonds is 4. The van der Waals surface area contributed by atoms with E-state index in [0.29, 0.717) is 12.5 Å². The molecule has 1 heterocycles. The monoisotopic (exact) mass is 256 g/mol. The van der Waals surface area contributed by atoms with Crippen LogP contribution < -0.4 is 0 Å². The van der Waals surface area contributed by atoms with Crippen molar-refractivity contribution < 1.29 is 4.79 Å². The van der Waals surface area contributed by atoms with Gasteiger partial charge in [-0.1, -0.05) is 12.1 Å². The first-order valence-corrected chi connectivity index (χ1v) is 6.62. The fourth-order valence-corrected chi connectivity index (χ4v) is 1.94. The van der Waals surface area contributed by atoms with Crippen molar-refractivity contribution in [3.8, 4) is 0 Å². The van der Waals surface area contributed by atoms with Crippen molar-refractivity contribution in [2.75, 3.05) is 0 Å². The molecule has 19 heavy (non-hydrogen) atoms. The van der Waals surface area contributed by atoms with Gasteiger partial charge in [0, 0.05) is 17.8 Å². The normalized spacial score (nSPS) is 11.0. The number of carbonyl (C=O) groups excluding carboxylic acids is 1. The second-order valence-electron chi connectivity index (χ2n) is 5.28. The molecule has 0 aliphatic rings. The van der Waals surface area contributed by atoms with Gasteiger partial charge in [-0.25, -0.2) is 0 Å². The highest BCUT2D eigenvalue weighted by Gasteiger charge is 2.10. The van der Waals surface area contributed by atoms with E-state index in [1.165, 1.54) is 5.56 Å². The van der Waals surface area contributed by atoms with Crippen LogP contribution in [0.1, 0.15) is 47.1 Å². The van der Waals surface area contributed by atoms with Gasteiger partial charge in [-0.15, -0.1) is 0 Å². The zero-order chi connectivity index (χ0) is 14.0. The predicted molar refractivity (Wildman–Crippen MR) is 76.6 cm³/mol. The number of ketones is 1. The third-order valence-corrected chi connectivity index (χ3v) is 3.36. The summed E-state index contributed by atoms with van der Waals surface area (Å²) in [6.45, 7) is 8.22. The van der Waals surface area contributed by atoms with Crippen LogP contribution in [0.5, 0.6) is 0 Å². The molecule has 0 fully saturated rings. The lowest BCUT2D eigenvalue weighted by Crippen LogP contribution is -2.07. The summed E-state index contributed by atoms with van der Waals surface area (Å²) in [5.41, 5.74) is 3.96. The van der Waals surface area contributed by atoms with Gasteiger partial charge in [-0.3, -0.25) is 9.48 Å². The van der Waals surface area contributed by atoms with Crippen LogP contribution in [0.25, 0.3) is 0 Å². The molecular formula is C16H20N2O. The SMILES string of the molecule is Cc1ccc(C(=O)Cc2ccn(C(C)C)n2)cc1C. The highest BCUT2D eigenvalue weighted by atomic mass is 16.1. The van der Waals surface area contributed by atoms with E-state index in [1.807, 2.05) is 49.0 Å². The van der Waals surface area contributed by atoms with E-state index in [2.05, 4.69) is 18.9 Å². The molecule has 0 unspecified atom stereocenters. The van der Waals surface area contributed by atoms with Crippen molar-refractivity contribution in [2.45, 2.75) is 40.2 Å². The van der Waals surface area contributed by atoms with Gasteiger partial charge in [0.25, 0.3) is 0 Å². The van der Waals surface area contributed by atoms with Crippen LogP contribution in [0, 0.1) is 13.8 Å². The zero-order valence-corrected chi connectivity index (χ0v) is 12.0. The minimum absolute atomic E-state index is 0.122. The zero-order valence-electron chi connectivity index (χ0n) is 12.0. The van der Waals surface area contributed by atoms with Crippen molar-refractivity contribution in [1.82, 2.24) is 9.78 Å². The van der Waals surface area contributed by atoms with Gasteiger partial charge in [0.1, 0.15) is 0 Å². The highest BCUT2D eigenvalue weighted by molar-refractivity contribution is 5.97. The average Bonchev–Trinajstić information content (AvgIpc) is 2.81. The van der Waals surface area contributed by atoms with Gasteiger partial charge >= 0.3 is 0 Å². The lowest BCUT2D eigenvalue weighted by molar-refractivity contribution is 0.0991. The minimum atomic E-state index is 0.122. The van der Waals surface area contributed by atoms with Crippen LogP contribution in [-0.4, -0.2) is 15.6 Å². The van der Waals surface area contributed by atoms with E-state index in [9.17, 15) is 4.79 Å². The van der Waals surface area contributed by atoms with E-state index in [4.69, 9.17) is 0 Å². The smallest absolute Gasteiger partial charge is 0.168 e. The highest BCUT2D eigenvalue weighted by Crippen LogP contribution is 2.13. The lowest BCUT2D eigenvalue weighted by Gasteiger charge is -2.05. The van der Waals surface area contributed by atoms with Crippen molar-refractivity contribution in [1.29, 1.82) is 0 Å². The van der Waals surface area contributed by atoms with Crippen molar-refractivity contribution in [2.24, 2.45) is 0 Å². The van der Waals surface area contributed by atoms with Crippen LogP contribution in [-0.2, 0) is 6.42 Å². The molecule has 0 saturated carbocycles. The third-order valence-electron chi connectivity index (χ3n) is 3.36. The first-order valence-electron chi connectivity index (χ1n) is 6.62. The molecule has 3 nitrogen and oxygen atoms in total. The Balaban J connectivity index is 2.13. The number of carbonyl (C=O) groups is 1. The summed E-state index contributed by atoms with van der Waals surface area (Å²) in [4.78, 5) is 12.2. The molecule has 0 saturated heterocycles. The Morgan fingerprint density at radius 2 is 1.95 bits per heavy atom. The molecular weight excluding hydrogens is 236 g/mol. The Morgan fingerprint density at radius 1 is 1.21 bits per heavy atom. The number of benzene rings is 1. The maximum absolute atomic E-state index is 12.2. The van der Waals surface area contributed by atoms with Gasteiger partial charge in [-0.05, 0) is 51.0 Å². The van der Waals surface area contributed by atoms with Crippen LogP contribution >= 0.6 is 0 Å². The topological polar surface area (TPSA) is 34.9 Å². The lowest BCUT2D eigenvalue weighted by atomic mass is 10.0. The Kier molecular flexibility index (Phi) is 3.84. The Labute approximate surface area is 114 Å². The molecule has 2 aromatic rings. The van der Waals surface area contributed by atoms with Crippen LogP contribution in [0.3, 0.4) is 0 Å². The first-order chi connectivity index (χ1) is 8.97. The second kappa shape index (κ2) is 5.39. The number of nitrogens with zero attached hydrogens (tertiary/aromatic N) is 2. The maximum atomic E-state index is 12.2. The van der Waals surface area contributed by atoms with Gasteiger partial charge in [0.2, 0.25) is 0 Å². The van der Waals surface area contributed by atoms with Crippen LogP contribution in [0.2, 0.25) is 0 Å². The van der Waals surface area contributed by atoms with Crippen molar-refractivity contribution in [3.63, 3.8) is 0 Å². The largest absolute Gasteiger partial charge is 0.294 e. The Morgan fingerprint density at radius 3 is 2.53 bits per heavy atom. The molecule has 0 N–H and O–H groups in total. The number of hydrogen-bond donors (Lipinski definition) is 0. The molecule has 2 rings (SSSR count). The molecule has 3 heteroatoms. The average molecular weight is 256 g/mol. The first kappa shape index (κ1) is 13.5. The number of aryl methyl sites for hydroxylation is 2. The quantitative estimate of drug-likeness (QED) is 0.785. The van der Waals surface area contributed by atoms with Crippen molar-refractivity contribution >= 4 is 5.78 Å². The van der Waals surface area contributed by atoms with E-state index in [-0.39, 0.29) is 5.78 Å². The van der Waals surface area contributed by atoms with Gasteiger partial charge < -0.3 is 0 Å². The standard InChI is InChI=1S/C16H20N2O/c1-11(2)18-8-7-15(17-18)10-16(19)14-6-5-12(3)13(4)9-14/h5-9,11H,10H2,1-4H3. The Hall–Kier alpha value is -1.90. The summed E-state index contributed by atoms with van der Waals surface area (Å²) < 4.78 is 1.88. The van der Waals surface area contributed by atoms with E-state index in [0.717, 1.165) is 16.8 Å². The summed E-state index contributed by atoms with van der Waals surface area (Å²) in [6, 6.07) is 8.08. The van der Waals surface area contributed by atoms with E-state index < -0.39 is 0 Å². The summed E-state index contributed by atoms with van der Waals surface area (Å²) in [7, 11) is 0. The maximum Gasteiger partial charge on any atom is 0.168 e. The minimum Gasteiger partial charge on any atom is -0.294 e. The number of Topliss-reactive ketones (excluding diaryl/α,β-unsaturated/α-hetero) is 1. The second-order valence-corrected chi connectivity index (χ2v) is 5.28. The molecule has 1 aromatic heterocycles. The van der Waals surface area contributed by atoms with Gasteiger partial charge in [-0.2, -0.15) is 5.10 Å². The molecule has 0 aliphatic heterocycles. The molecule has 0 amide bonds. The predicted octanol–water partition coefficient (Wildman–Crippen LogP) is 3.51. The summed E-state index contributed by atoms with van der Waals surface area (Å²) >= 11 is 0. The molecule has 1 aromatic carbocycles. The fourth-order valence-electron chi connectivity index (χ4n) is 1.94. The molecule has 0 atom stereocenters. The molecule has 0 bridgehead atoms. The summed E-state index contributed by atoms with van der Waals surface area (Å²) in [5, 5.41) is 4.41. The molecule has 100 valence electrons. The fraction of sp³-hybridized carbons (Fsp3) is 0.375. The number of hydrogen-bond acceptors (Lipinski definition) is 2.